The lowest BCUT2D eigenvalue weighted by atomic mass is 9.83. The minimum atomic E-state index is -4.43. The van der Waals surface area contributed by atoms with Crippen molar-refractivity contribution in [1.29, 1.82) is 0 Å². The Balaban J connectivity index is 1.20. The van der Waals surface area contributed by atoms with Crippen LogP contribution in [0, 0.1) is 0 Å². The Labute approximate surface area is 261 Å². The van der Waals surface area contributed by atoms with Crippen LogP contribution in [0.15, 0.2) is 101 Å². The number of rotatable bonds is 7. The first-order valence-electron chi connectivity index (χ1n) is 13.8. The number of anilines is 6. The maximum absolute atomic E-state index is 13.8. The molecule has 1 aliphatic carbocycles. The highest BCUT2D eigenvalue weighted by Gasteiger charge is 2.29. The van der Waals surface area contributed by atoms with Gasteiger partial charge in [-0.25, -0.2) is 0 Å². The minimum absolute atomic E-state index is 0.0174. The third-order valence-electron chi connectivity index (χ3n) is 7.51. The molecule has 0 fully saturated rings. The number of fused-ring (bicyclic) bond motifs is 2. The van der Waals surface area contributed by atoms with Crippen LogP contribution in [0.3, 0.4) is 0 Å². The van der Waals surface area contributed by atoms with E-state index in [9.17, 15) is 27.7 Å². The van der Waals surface area contributed by atoms with Crippen LogP contribution in [0.2, 0.25) is 0 Å². The van der Waals surface area contributed by atoms with Crippen molar-refractivity contribution < 1.29 is 22.9 Å². The fourth-order valence-electron chi connectivity index (χ4n) is 5.46. The summed E-state index contributed by atoms with van der Waals surface area (Å²) in [5, 5.41) is 20.0. The molecule has 0 spiro atoms. The Morgan fingerprint density at radius 1 is 0.696 bits per heavy atom. The largest absolute Gasteiger partial charge is 0.479 e. The Morgan fingerprint density at radius 3 is 2.02 bits per heavy atom. The van der Waals surface area contributed by atoms with Gasteiger partial charge in [-0.05, 0) is 59.7 Å². The van der Waals surface area contributed by atoms with Gasteiger partial charge >= 0.3 is 6.01 Å². The van der Waals surface area contributed by atoms with E-state index < -0.39 is 16.1 Å². The molecular formula is C32H23N7O6S. The Morgan fingerprint density at radius 2 is 1.33 bits per heavy atom. The van der Waals surface area contributed by atoms with Gasteiger partial charge in [-0.2, -0.15) is 23.4 Å². The van der Waals surface area contributed by atoms with E-state index in [-0.39, 0.29) is 33.8 Å². The van der Waals surface area contributed by atoms with Crippen molar-refractivity contribution in [2.24, 2.45) is 7.05 Å². The molecule has 4 aromatic carbocycles. The normalized spacial score (nSPS) is 12.1. The first-order valence-corrected chi connectivity index (χ1v) is 15.2. The van der Waals surface area contributed by atoms with Gasteiger partial charge in [0.05, 0.1) is 21.7 Å². The number of aryl methyl sites for hydroxylation is 1. The number of nitrogens with zero attached hydrogens (tertiary/aromatic N) is 4. The van der Waals surface area contributed by atoms with Gasteiger partial charge < -0.3 is 25.6 Å². The number of carbonyl (C=O) groups is 1. The van der Waals surface area contributed by atoms with Crippen molar-refractivity contribution in [3.63, 3.8) is 0 Å². The third kappa shape index (κ3) is 5.16. The number of ketones is 1. The van der Waals surface area contributed by atoms with E-state index in [1.807, 2.05) is 24.3 Å². The lowest BCUT2D eigenvalue weighted by molar-refractivity contribution is 0.104. The van der Waals surface area contributed by atoms with Crippen LogP contribution < -0.4 is 21.5 Å². The van der Waals surface area contributed by atoms with Gasteiger partial charge in [0.25, 0.3) is 15.7 Å². The van der Waals surface area contributed by atoms with E-state index in [1.54, 1.807) is 49.5 Å². The Hall–Kier alpha value is -6.12. The summed E-state index contributed by atoms with van der Waals surface area (Å²) in [5.74, 6) is -0.265. The molecule has 0 radical (unpaired) electrons. The third-order valence-corrected chi connectivity index (χ3v) is 8.36. The molecule has 1 aliphatic rings. The van der Waals surface area contributed by atoms with Crippen molar-refractivity contribution in [2.75, 3.05) is 16.0 Å². The summed E-state index contributed by atoms with van der Waals surface area (Å²) in [5.41, 5.74) is 4.81. The summed E-state index contributed by atoms with van der Waals surface area (Å²) in [4.78, 5) is 38.3. The summed E-state index contributed by atoms with van der Waals surface area (Å²) in [6.45, 7) is 0. The molecule has 6 aromatic rings. The van der Waals surface area contributed by atoms with E-state index in [1.165, 1.54) is 28.8 Å². The summed E-state index contributed by atoms with van der Waals surface area (Å²) >= 11 is 0. The lowest BCUT2D eigenvalue weighted by Gasteiger charge is -2.23. The molecule has 2 aromatic heterocycles. The fourth-order valence-corrected chi connectivity index (χ4v) is 5.98. The zero-order valence-corrected chi connectivity index (χ0v) is 24.7. The zero-order valence-electron chi connectivity index (χ0n) is 23.9. The second-order valence-corrected chi connectivity index (χ2v) is 11.9. The second kappa shape index (κ2) is 10.8. The van der Waals surface area contributed by atoms with Gasteiger partial charge in [-0.15, -0.1) is 0 Å². The summed E-state index contributed by atoms with van der Waals surface area (Å²) in [6.07, 6.45) is 0. The molecule has 2 heterocycles. The number of carbonyl (C=O) groups excluding carboxylic acids is 1. The monoisotopic (exact) mass is 633 g/mol. The molecule has 0 aliphatic heterocycles. The average Bonchev–Trinajstić information content (AvgIpc) is 3.01. The van der Waals surface area contributed by atoms with Crippen molar-refractivity contribution in [2.45, 2.75) is 4.90 Å². The summed E-state index contributed by atoms with van der Waals surface area (Å²) in [6, 6.07) is 24.2. The van der Waals surface area contributed by atoms with Gasteiger partial charge in [-0.3, -0.25) is 14.1 Å². The highest BCUT2D eigenvalue weighted by molar-refractivity contribution is 7.85. The quantitative estimate of drug-likeness (QED) is 0.146. The van der Waals surface area contributed by atoms with Crippen LogP contribution in [0.5, 0.6) is 6.01 Å². The predicted molar refractivity (Wildman–Crippen MR) is 172 cm³/mol. The van der Waals surface area contributed by atoms with E-state index in [4.69, 9.17) is 0 Å². The number of aromatic nitrogens is 4. The maximum atomic E-state index is 13.8. The Bertz CT molecular complexity index is 2410. The van der Waals surface area contributed by atoms with Gasteiger partial charge in [0.1, 0.15) is 0 Å². The molecule has 0 atom stereocenters. The first kappa shape index (κ1) is 28.6. The van der Waals surface area contributed by atoms with Gasteiger partial charge in [0.2, 0.25) is 11.9 Å². The van der Waals surface area contributed by atoms with Crippen LogP contribution in [-0.2, 0) is 17.2 Å². The molecule has 0 bridgehead atoms. The van der Waals surface area contributed by atoms with E-state index in [0.717, 1.165) is 0 Å². The van der Waals surface area contributed by atoms with Gasteiger partial charge in [-0.1, -0.05) is 36.4 Å². The molecule has 46 heavy (non-hydrogen) atoms. The predicted octanol–water partition coefficient (Wildman–Crippen LogP) is 5.12. The number of nitrogens with one attached hydrogen (secondary N) is 3. The summed E-state index contributed by atoms with van der Waals surface area (Å²) in [7, 11) is -2.75. The van der Waals surface area contributed by atoms with Crippen molar-refractivity contribution in [3.8, 4) is 17.1 Å². The fraction of sp³-hybridized carbons (Fsp3) is 0.0312. The van der Waals surface area contributed by atoms with E-state index in [2.05, 4.69) is 30.9 Å². The van der Waals surface area contributed by atoms with Crippen LogP contribution in [0.1, 0.15) is 15.9 Å². The molecule has 0 saturated heterocycles. The molecule has 0 amide bonds. The molecule has 7 rings (SSSR count). The number of hydrogen-bond donors (Lipinski definition) is 5. The first-order chi connectivity index (χ1) is 22.0. The van der Waals surface area contributed by atoms with Crippen LogP contribution in [-0.4, -0.2) is 43.4 Å². The van der Waals surface area contributed by atoms with Crippen molar-refractivity contribution in [3.05, 3.63) is 112 Å². The topological polar surface area (TPSA) is 188 Å². The molecule has 0 saturated carbocycles. The molecule has 14 heteroatoms. The van der Waals surface area contributed by atoms with Gasteiger partial charge in [0, 0.05) is 41.1 Å². The van der Waals surface area contributed by atoms with Gasteiger partial charge in [0.15, 0.2) is 5.78 Å². The standard InChI is InChI=1S/C32H23N7O6S/c1-39-25-13-12-24(28-27(25)23(16-26(39)40)21-10-2-3-11-22(21)29(28)41)33-17-6-4-7-18(14-17)34-30-36-31(38-32(42)37-30)35-19-8-5-9-20(15-19)46(43,44)45/h2-16,33H,1H3,(H,43,44,45)(H3,34,35,36,37,38,42). The van der Waals surface area contributed by atoms with Crippen LogP contribution in [0.4, 0.5) is 34.6 Å². The van der Waals surface area contributed by atoms with Crippen molar-refractivity contribution >= 4 is 61.5 Å². The minimum Gasteiger partial charge on any atom is -0.479 e. The van der Waals surface area contributed by atoms with Crippen LogP contribution >= 0.6 is 0 Å². The molecule has 13 nitrogen and oxygen atoms in total. The number of hydrogen-bond acceptors (Lipinski definition) is 11. The maximum Gasteiger partial charge on any atom is 0.320 e. The smallest absolute Gasteiger partial charge is 0.320 e. The number of pyridine rings is 1. The highest BCUT2D eigenvalue weighted by Crippen LogP contribution is 2.42. The second-order valence-electron chi connectivity index (χ2n) is 10.5. The Kier molecular flexibility index (Phi) is 6.72. The summed E-state index contributed by atoms with van der Waals surface area (Å²) < 4.78 is 33.8. The molecule has 228 valence electrons. The van der Waals surface area contributed by atoms with E-state index >= 15 is 0 Å². The molecular weight excluding hydrogens is 610 g/mol. The average molecular weight is 634 g/mol. The SMILES string of the molecule is Cn1c(=O)cc2c3c(c(Nc4cccc(Nc5nc(O)nc(Nc6cccc(S(=O)(=O)O)c6)n5)c4)ccc31)C(=O)c1ccccc1-2. The molecule has 0 unspecified atom stereocenters. The lowest BCUT2D eigenvalue weighted by Crippen LogP contribution is -2.21. The zero-order chi connectivity index (χ0) is 32.2. The van der Waals surface area contributed by atoms with Crippen molar-refractivity contribution in [1.82, 2.24) is 19.5 Å². The highest BCUT2D eigenvalue weighted by atomic mass is 32.2. The number of aromatic hydroxyl groups is 1. The number of benzene rings is 4. The molecule has 5 N–H and O–H groups in total. The van der Waals surface area contributed by atoms with E-state index in [0.29, 0.717) is 50.2 Å². The van der Waals surface area contributed by atoms with Crippen LogP contribution in [0.25, 0.3) is 22.0 Å².